The number of hydrogen-bond donors (Lipinski definition) is 4. The summed E-state index contributed by atoms with van der Waals surface area (Å²) in [5.41, 5.74) is 8.33. The first kappa shape index (κ1) is 15.6. The predicted molar refractivity (Wildman–Crippen MR) is 85.1 cm³/mol. The standard InChI is InChI=1S/C15H17ClN4O3/c1-7(17)15(23)20-3-2-11-9(6-20)14(19-18-11)8-4-10(16)13(22)5-12(8)21/h4-5,7,21-22H,2-3,6,17H2,1H3,(H,18,19)/t7-/m0/s1. The number of fused-ring (bicyclic) bond motifs is 1. The Bertz CT molecular complexity index is 772. The molecule has 2 aromatic rings. The van der Waals surface area contributed by atoms with Crippen molar-refractivity contribution in [2.75, 3.05) is 6.54 Å². The fourth-order valence-electron chi connectivity index (χ4n) is 2.73. The lowest BCUT2D eigenvalue weighted by Gasteiger charge is -2.28. The van der Waals surface area contributed by atoms with E-state index in [0.29, 0.717) is 30.8 Å². The summed E-state index contributed by atoms with van der Waals surface area (Å²) in [6.45, 7) is 2.58. The van der Waals surface area contributed by atoms with Gasteiger partial charge < -0.3 is 20.8 Å². The maximum absolute atomic E-state index is 12.1. The summed E-state index contributed by atoms with van der Waals surface area (Å²) in [6, 6.07) is 2.06. The van der Waals surface area contributed by atoms with Crippen molar-refractivity contribution < 1.29 is 15.0 Å². The number of H-pyrrole nitrogens is 1. The number of phenolic OH excluding ortho intramolecular Hbond substituents is 2. The summed E-state index contributed by atoms with van der Waals surface area (Å²) in [4.78, 5) is 13.8. The van der Waals surface area contributed by atoms with Crippen LogP contribution in [0.4, 0.5) is 0 Å². The van der Waals surface area contributed by atoms with Crippen LogP contribution < -0.4 is 5.73 Å². The molecular formula is C15H17ClN4O3. The van der Waals surface area contributed by atoms with E-state index in [0.717, 1.165) is 11.3 Å². The summed E-state index contributed by atoms with van der Waals surface area (Å²) in [6.07, 6.45) is 0.632. The molecule has 1 aliphatic heterocycles. The minimum atomic E-state index is -0.566. The molecule has 0 unspecified atom stereocenters. The fourth-order valence-corrected chi connectivity index (χ4v) is 2.90. The first-order chi connectivity index (χ1) is 10.9. The molecule has 1 aliphatic rings. The Kier molecular flexibility index (Phi) is 3.91. The Hall–Kier alpha value is -2.25. The van der Waals surface area contributed by atoms with Crippen LogP contribution in [0.5, 0.6) is 11.5 Å². The number of phenols is 2. The van der Waals surface area contributed by atoms with Crippen LogP contribution >= 0.6 is 11.6 Å². The number of carbonyl (C=O) groups excluding carboxylic acids is 1. The van der Waals surface area contributed by atoms with Gasteiger partial charge in [0.25, 0.3) is 0 Å². The van der Waals surface area contributed by atoms with E-state index in [2.05, 4.69) is 10.2 Å². The Morgan fingerprint density at radius 3 is 2.87 bits per heavy atom. The maximum atomic E-state index is 12.1. The number of nitrogens with two attached hydrogens (primary N) is 1. The second-order valence-corrected chi connectivity index (χ2v) is 6.06. The molecule has 0 spiro atoms. The Morgan fingerprint density at radius 1 is 1.43 bits per heavy atom. The summed E-state index contributed by atoms with van der Waals surface area (Å²) in [5.74, 6) is -0.460. The minimum Gasteiger partial charge on any atom is -0.507 e. The van der Waals surface area contributed by atoms with Crippen LogP contribution in [0.1, 0.15) is 18.2 Å². The van der Waals surface area contributed by atoms with E-state index in [1.54, 1.807) is 11.8 Å². The van der Waals surface area contributed by atoms with E-state index < -0.39 is 6.04 Å². The highest BCUT2D eigenvalue weighted by Crippen LogP contribution is 2.39. The molecule has 23 heavy (non-hydrogen) atoms. The van der Waals surface area contributed by atoms with Crippen molar-refractivity contribution >= 4 is 17.5 Å². The number of amides is 1. The van der Waals surface area contributed by atoms with Crippen LogP contribution in [-0.2, 0) is 17.8 Å². The number of rotatable bonds is 2. The number of aromatic hydroxyl groups is 2. The van der Waals surface area contributed by atoms with Gasteiger partial charge in [-0.3, -0.25) is 9.89 Å². The van der Waals surface area contributed by atoms with E-state index in [9.17, 15) is 15.0 Å². The minimum absolute atomic E-state index is 0.119. The van der Waals surface area contributed by atoms with Crippen LogP contribution in [0, 0.1) is 0 Å². The molecule has 122 valence electrons. The van der Waals surface area contributed by atoms with Gasteiger partial charge in [0.2, 0.25) is 5.91 Å². The second-order valence-electron chi connectivity index (χ2n) is 5.65. The van der Waals surface area contributed by atoms with Gasteiger partial charge in [-0.1, -0.05) is 11.6 Å². The summed E-state index contributed by atoms with van der Waals surface area (Å²) in [7, 11) is 0. The molecule has 7 nitrogen and oxygen atoms in total. The highest BCUT2D eigenvalue weighted by Gasteiger charge is 2.28. The predicted octanol–water partition coefficient (Wildman–Crippen LogP) is 1.37. The second kappa shape index (κ2) is 5.75. The molecule has 0 fully saturated rings. The van der Waals surface area contributed by atoms with Crippen molar-refractivity contribution in [3.8, 4) is 22.8 Å². The van der Waals surface area contributed by atoms with Crippen molar-refractivity contribution in [2.24, 2.45) is 5.73 Å². The molecule has 3 rings (SSSR count). The Balaban J connectivity index is 2.01. The zero-order chi connectivity index (χ0) is 16.7. The smallest absolute Gasteiger partial charge is 0.239 e. The van der Waals surface area contributed by atoms with Crippen molar-refractivity contribution in [3.63, 3.8) is 0 Å². The Labute approximate surface area is 137 Å². The van der Waals surface area contributed by atoms with Crippen molar-refractivity contribution in [2.45, 2.75) is 25.9 Å². The molecule has 2 heterocycles. The van der Waals surface area contributed by atoms with Crippen LogP contribution in [-0.4, -0.2) is 43.8 Å². The van der Waals surface area contributed by atoms with Gasteiger partial charge in [0.1, 0.15) is 17.2 Å². The number of nitrogens with one attached hydrogen (secondary N) is 1. The molecule has 0 radical (unpaired) electrons. The van der Waals surface area contributed by atoms with Crippen LogP contribution in [0.3, 0.4) is 0 Å². The molecule has 8 heteroatoms. The fraction of sp³-hybridized carbons (Fsp3) is 0.333. The summed E-state index contributed by atoms with van der Waals surface area (Å²) in [5, 5.41) is 26.9. The summed E-state index contributed by atoms with van der Waals surface area (Å²) < 4.78 is 0. The van der Waals surface area contributed by atoms with Crippen molar-refractivity contribution in [1.82, 2.24) is 15.1 Å². The number of aromatic nitrogens is 2. The maximum Gasteiger partial charge on any atom is 0.239 e. The first-order valence-corrected chi connectivity index (χ1v) is 7.58. The van der Waals surface area contributed by atoms with Gasteiger partial charge in [-0.25, -0.2) is 0 Å². The number of carbonyl (C=O) groups is 1. The molecule has 1 aromatic heterocycles. The van der Waals surface area contributed by atoms with Crippen molar-refractivity contribution in [3.05, 3.63) is 28.4 Å². The number of benzene rings is 1. The molecule has 1 aromatic carbocycles. The third-order valence-electron chi connectivity index (χ3n) is 3.95. The lowest BCUT2D eigenvalue weighted by molar-refractivity contribution is -0.133. The van der Waals surface area contributed by atoms with E-state index in [1.807, 2.05) is 0 Å². The molecular weight excluding hydrogens is 320 g/mol. The molecule has 0 saturated heterocycles. The molecule has 0 bridgehead atoms. The lowest BCUT2D eigenvalue weighted by Crippen LogP contribution is -2.44. The molecule has 0 aliphatic carbocycles. The largest absolute Gasteiger partial charge is 0.507 e. The van der Waals surface area contributed by atoms with E-state index >= 15 is 0 Å². The van der Waals surface area contributed by atoms with Gasteiger partial charge in [0.05, 0.1) is 11.1 Å². The van der Waals surface area contributed by atoms with Gasteiger partial charge in [0, 0.05) is 42.4 Å². The van der Waals surface area contributed by atoms with Crippen LogP contribution in [0.15, 0.2) is 12.1 Å². The van der Waals surface area contributed by atoms with Gasteiger partial charge in [-0.2, -0.15) is 5.10 Å². The zero-order valence-corrected chi connectivity index (χ0v) is 13.3. The topological polar surface area (TPSA) is 115 Å². The Morgan fingerprint density at radius 2 is 2.17 bits per heavy atom. The molecule has 1 amide bonds. The van der Waals surface area contributed by atoms with E-state index in [1.165, 1.54) is 12.1 Å². The van der Waals surface area contributed by atoms with Gasteiger partial charge in [0.15, 0.2) is 0 Å². The first-order valence-electron chi connectivity index (χ1n) is 7.20. The number of aromatic amines is 1. The van der Waals surface area contributed by atoms with Gasteiger partial charge in [-0.05, 0) is 13.0 Å². The SMILES string of the molecule is C[C@H](N)C(=O)N1CCc2[nH]nc(-c3cc(Cl)c(O)cc3O)c2C1. The quantitative estimate of drug-likeness (QED) is 0.661. The summed E-state index contributed by atoms with van der Waals surface area (Å²) >= 11 is 5.93. The van der Waals surface area contributed by atoms with E-state index in [4.69, 9.17) is 17.3 Å². The molecule has 1 atom stereocenters. The molecule has 0 saturated carbocycles. The van der Waals surface area contributed by atoms with Crippen LogP contribution in [0.25, 0.3) is 11.3 Å². The van der Waals surface area contributed by atoms with Crippen LogP contribution in [0.2, 0.25) is 5.02 Å². The number of nitrogens with zero attached hydrogens (tertiary/aromatic N) is 2. The highest BCUT2D eigenvalue weighted by atomic mass is 35.5. The highest BCUT2D eigenvalue weighted by molar-refractivity contribution is 6.32. The number of hydrogen-bond acceptors (Lipinski definition) is 5. The van der Waals surface area contributed by atoms with E-state index in [-0.39, 0.29) is 22.4 Å². The third kappa shape index (κ3) is 2.73. The van der Waals surface area contributed by atoms with Gasteiger partial charge in [-0.15, -0.1) is 0 Å². The molecule has 5 N–H and O–H groups in total. The average molecular weight is 337 g/mol. The zero-order valence-electron chi connectivity index (χ0n) is 12.5. The monoisotopic (exact) mass is 336 g/mol. The number of halogens is 1. The lowest BCUT2D eigenvalue weighted by atomic mass is 10.00. The van der Waals surface area contributed by atoms with Crippen molar-refractivity contribution in [1.29, 1.82) is 0 Å². The van der Waals surface area contributed by atoms with Gasteiger partial charge >= 0.3 is 0 Å². The average Bonchev–Trinajstić information content (AvgIpc) is 2.93. The normalized spacial score (nSPS) is 15.3. The third-order valence-corrected chi connectivity index (χ3v) is 4.26.